The van der Waals surface area contributed by atoms with Crippen LogP contribution in [0, 0.1) is 18.7 Å². The van der Waals surface area contributed by atoms with Gasteiger partial charge in [-0.2, -0.15) is 4.39 Å². The lowest BCUT2D eigenvalue weighted by atomic mass is 10.1. The first-order chi connectivity index (χ1) is 17.3. The molecular formula is C23H23F2N7O4. The van der Waals surface area contributed by atoms with Crippen molar-refractivity contribution in [1.29, 1.82) is 0 Å². The van der Waals surface area contributed by atoms with Crippen LogP contribution in [0.3, 0.4) is 0 Å². The van der Waals surface area contributed by atoms with Gasteiger partial charge in [0.1, 0.15) is 23.5 Å². The Morgan fingerprint density at radius 1 is 1.08 bits per heavy atom. The van der Waals surface area contributed by atoms with E-state index in [1.54, 1.807) is 24.0 Å². The number of aryl methyl sites for hydroxylation is 1. The SMILES string of the molecule is Cc1nc2ccc(CN3CCN(c4ccc(C(=O)NN5CCOC5=O)nc4F)CC3)c(F)c2[nH]c1=O. The van der Waals surface area contributed by atoms with Gasteiger partial charge in [-0.25, -0.2) is 24.2 Å². The maximum Gasteiger partial charge on any atom is 0.428 e. The number of fused-ring (bicyclic) bond motifs is 1. The molecule has 188 valence electrons. The molecule has 4 heterocycles. The van der Waals surface area contributed by atoms with Crippen LogP contribution in [0.25, 0.3) is 11.0 Å². The smallest absolute Gasteiger partial charge is 0.428 e. The molecule has 2 aliphatic rings. The van der Waals surface area contributed by atoms with E-state index >= 15 is 4.39 Å². The fourth-order valence-corrected chi connectivity index (χ4v) is 4.23. The molecule has 2 fully saturated rings. The predicted octanol–water partition coefficient (Wildman–Crippen LogP) is 1.32. The molecule has 3 aromatic rings. The largest absolute Gasteiger partial charge is 0.446 e. The number of amides is 2. The number of aromatic amines is 1. The van der Waals surface area contributed by atoms with Crippen LogP contribution in [0.5, 0.6) is 0 Å². The number of hydrogen-bond donors (Lipinski definition) is 2. The molecule has 2 aromatic heterocycles. The molecule has 0 saturated carbocycles. The van der Waals surface area contributed by atoms with E-state index in [2.05, 4.69) is 20.4 Å². The summed E-state index contributed by atoms with van der Waals surface area (Å²) in [5.41, 5.74) is 3.18. The van der Waals surface area contributed by atoms with Crippen LogP contribution < -0.4 is 15.9 Å². The van der Waals surface area contributed by atoms with Gasteiger partial charge in [0.2, 0.25) is 5.95 Å². The van der Waals surface area contributed by atoms with Gasteiger partial charge in [0.15, 0.2) is 5.82 Å². The zero-order valence-electron chi connectivity index (χ0n) is 19.4. The number of hydrazine groups is 1. The maximum atomic E-state index is 15.0. The summed E-state index contributed by atoms with van der Waals surface area (Å²) in [7, 11) is 0. The summed E-state index contributed by atoms with van der Waals surface area (Å²) >= 11 is 0. The van der Waals surface area contributed by atoms with Crippen molar-refractivity contribution < 1.29 is 23.1 Å². The molecule has 2 N–H and O–H groups in total. The fraction of sp³-hybridized carbons (Fsp3) is 0.348. The van der Waals surface area contributed by atoms with Crippen molar-refractivity contribution in [2.24, 2.45) is 0 Å². The Morgan fingerprint density at radius 2 is 1.86 bits per heavy atom. The van der Waals surface area contributed by atoms with Crippen LogP contribution in [0.4, 0.5) is 19.3 Å². The van der Waals surface area contributed by atoms with E-state index in [0.29, 0.717) is 43.8 Å². The molecule has 0 aliphatic carbocycles. The lowest BCUT2D eigenvalue weighted by molar-refractivity contribution is 0.0825. The van der Waals surface area contributed by atoms with Gasteiger partial charge in [0.05, 0.1) is 17.7 Å². The molecule has 2 amide bonds. The number of carbonyl (C=O) groups is 2. The first-order valence-electron chi connectivity index (χ1n) is 11.4. The van der Waals surface area contributed by atoms with Gasteiger partial charge in [-0.3, -0.25) is 19.9 Å². The quantitative estimate of drug-likeness (QED) is 0.504. The summed E-state index contributed by atoms with van der Waals surface area (Å²) in [4.78, 5) is 49.9. The summed E-state index contributed by atoms with van der Waals surface area (Å²) in [5, 5.41) is 1.00. The van der Waals surface area contributed by atoms with E-state index in [4.69, 9.17) is 4.74 Å². The Hall–Kier alpha value is -4.13. The van der Waals surface area contributed by atoms with E-state index in [-0.39, 0.29) is 35.7 Å². The van der Waals surface area contributed by atoms with Gasteiger partial charge >= 0.3 is 6.09 Å². The topological polar surface area (TPSA) is 124 Å². The first kappa shape index (κ1) is 23.6. The normalized spacial score (nSPS) is 16.5. The zero-order valence-corrected chi connectivity index (χ0v) is 19.4. The molecular weight excluding hydrogens is 476 g/mol. The molecule has 2 saturated heterocycles. The molecule has 1 aromatic carbocycles. The number of aromatic nitrogens is 3. The summed E-state index contributed by atoms with van der Waals surface area (Å²) < 4.78 is 34.5. The van der Waals surface area contributed by atoms with Gasteiger partial charge in [-0.15, -0.1) is 0 Å². The molecule has 0 bridgehead atoms. The second-order valence-electron chi connectivity index (χ2n) is 8.56. The number of carbonyl (C=O) groups excluding carboxylic acids is 2. The van der Waals surface area contributed by atoms with Gasteiger partial charge in [-0.05, 0) is 25.1 Å². The van der Waals surface area contributed by atoms with E-state index in [9.17, 15) is 18.8 Å². The second-order valence-corrected chi connectivity index (χ2v) is 8.56. The highest BCUT2D eigenvalue weighted by Gasteiger charge is 2.26. The maximum absolute atomic E-state index is 15.0. The van der Waals surface area contributed by atoms with Crippen molar-refractivity contribution in [3.8, 4) is 0 Å². The average molecular weight is 499 g/mol. The van der Waals surface area contributed by atoms with Crippen molar-refractivity contribution in [2.75, 3.05) is 44.2 Å². The van der Waals surface area contributed by atoms with Crippen molar-refractivity contribution in [3.05, 3.63) is 63.3 Å². The number of H-pyrrole nitrogens is 1. The predicted molar refractivity (Wildman–Crippen MR) is 124 cm³/mol. The Morgan fingerprint density at radius 3 is 2.56 bits per heavy atom. The van der Waals surface area contributed by atoms with Crippen LogP contribution in [0.15, 0.2) is 29.1 Å². The van der Waals surface area contributed by atoms with E-state index in [0.717, 1.165) is 5.01 Å². The summed E-state index contributed by atoms with van der Waals surface area (Å²) in [6.45, 7) is 4.27. The molecule has 5 rings (SSSR count). The lowest BCUT2D eigenvalue weighted by Gasteiger charge is -2.36. The third kappa shape index (κ3) is 4.56. The number of benzene rings is 1. The van der Waals surface area contributed by atoms with Crippen LogP contribution in [-0.2, 0) is 11.3 Å². The van der Waals surface area contributed by atoms with E-state index < -0.39 is 29.3 Å². The highest BCUT2D eigenvalue weighted by Crippen LogP contribution is 2.23. The summed E-state index contributed by atoms with van der Waals surface area (Å²) in [5.74, 6) is -2.02. The van der Waals surface area contributed by atoms with Crippen LogP contribution >= 0.6 is 0 Å². The van der Waals surface area contributed by atoms with Gasteiger partial charge in [0.25, 0.3) is 11.5 Å². The molecule has 0 unspecified atom stereocenters. The third-order valence-corrected chi connectivity index (χ3v) is 6.22. The number of pyridine rings is 1. The number of hydrogen-bond acceptors (Lipinski definition) is 8. The molecule has 0 atom stereocenters. The van der Waals surface area contributed by atoms with Crippen LogP contribution in [-0.4, -0.2) is 76.2 Å². The van der Waals surface area contributed by atoms with Gasteiger partial charge < -0.3 is 14.6 Å². The fourth-order valence-electron chi connectivity index (χ4n) is 4.23. The highest BCUT2D eigenvalue weighted by atomic mass is 19.1. The van der Waals surface area contributed by atoms with Crippen LogP contribution in [0.2, 0.25) is 0 Å². The highest BCUT2D eigenvalue weighted by molar-refractivity contribution is 5.93. The lowest BCUT2D eigenvalue weighted by Crippen LogP contribution is -2.46. The molecule has 11 nitrogen and oxygen atoms in total. The van der Waals surface area contributed by atoms with E-state index in [1.807, 2.05) is 4.90 Å². The molecule has 0 radical (unpaired) electrons. The number of piperazine rings is 1. The number of halogens is 2. The number of ether oxygens (including phenoxy) is 1. The third-order valence-electron chi connectivity index (χ3n) is 6.22. The average Bonchev–Trinajstić information content (AvgIpc) is 3.27. The molecule has 13 heteroatoms. The Balaban J connectivity index is 1.22. The van der Waals surface area contributed by atoms with Crippen molar-refractivity contribution in [2.45, 2.75) is 13.5 Å². The Kier molecular flexibility index (Phi) is 6.22. The number of anilines is 1. The van der Waals surface area contributed by atoms with Crippen molar-refractivity contribution >= 4 is 28.7 Å². The summed E-state index contributed by atoms with van der Waals surface area (Å²) in [6.07, 6.45) is -0.679. The van der Waals surface area contributed by atoms with Crippen LogP contribution in [0.1, 0.15) is 21.7 Å². The number of cyclic esters (lactones) is 1. The monoisotopic (exact) mass is 499 g/mol. The minimum atomic E-state index is -0.799. The first-order valence-corrected chi connectivity index (χ1v) is 11.4. The van der Waals surface area contributed by atoms with Crippen molar-refractivity contribution in [1.82, 2.24) is 30.3 Å². The molecule has 36 heavy (non-hydrogen) atoms. The number of nitrogens with one attached hydrogen (secondary N) is 2. The Labute approximate surface area is 203 Å². The standard InChI is InChI=1S/C23H23F2N7O4/c1-13-21(33)28-19-15(26-13)3-2-14(18(19)24)12-30-6-8-31(9-7-30)17-5-4-16(27-20(17)25)22(34)29-32-10-11-36-23(32)35/h2-5H,6-12H2,1H3,(H,28,33)(H,29,34). The second kappa shape index (κ2) is 9.49. The molecule has 0 spiro atoms. The minimum absolute atomic E-state index is 0.0839. The van der Waals surface area contributed by atoms with Gasteiger partial charge in [-0.1, -0.05) is 6.07 Å². The summed E-state index contributed by atoms with van der Waals surface area (Å²) in [6, 6.07) is 6.20. The number of rotatable bonds is 5. The minimum Gasteiger partial charge on any atom is -0.446 e. The number of nitrogens with zero attached hydrogens (tertiary/aromatic N) is 5. The zero-order chi connectivity index (χ0) is 25.4. The molecule has 2 aliphatic heterocycles. The van der Waals surface area contributed by atoms with E-state index in [1.165, 1.54) is 12.1 Å². The Bertz CT molecular complexity index is 1410. The van der Waals surface area contributed by atoms with Crippen molar-refractivity contribution in [3.63, 3.8) is 0 Å². The van der Waals surface area contributed by atoms with Gasteiger partial charge in [0, 0.05) is 38.3 Å².